The van der Waals surface area contributed by atoms with Crippen LogP contribution in [0.15, 0.2) is 24.3 Å². The van der Waals surface area contributed by atoms with E-state index in [1.807, 2.05) is 12.1 Å². The highest BCUT2D eigenvalue weighted by atomic mass is 35.5. The second-order valence-electron chi connectivity index (χ2n) is 4.96. The van der Waals surface area contributed by atoms with Crippen molar-refractivity contribution in [3.8, 4) is 5.75 Å². The molecule has 2 unspecified atom stereocenters. The first-order valence-corrected chi connectivity index (χ1v) is 6.77. The average Bonchev–Trinajstić information content (AvgIpc) is 2.73. The quantitative estimate of drug-likeness (QED) is 0.815. The number of nitrogens with one attached hydrogen (secondary N) is 1. The van der Waals surface area contributed by atoms with E-state index in [2.05, 4.69) is 31.3 Å². The summed E-state index contributed by atoms with van der Waals surface area (Å²) in [6.45, 7) is 6.10. The Labute approximate surface area is 108 Å². The van der Waals surface area contributed by atoms with Gasteiger partial charge >= 0.3 is 0 Å². The zero-order chi connectivity index (χ0) is 12.3. The lowest BCUT2D eigenvalue weighted by molar-refractivity contribution is 0.317. The van der Waals surface area contributed by atoms with Crippen molar-refractivity contribution < 1.29 is 4.74 Å². The van der Waals surface area contributed by atoms with Crippen LogP contribution in [0.25, 0.3) is 0 Å². The zero-order valence-electron chi connectivity index (χ0n) is 10.4. The molecule has 1 aromatic carbocycles. The Hall–Kier alpha value is -0.730. The molecule has 2 atom stereocenters. The van der Waals surface area contributed by atoms with Crippen molar-refractivity contribution in [3.63, 3.8) is 0 Å². The molecule has 1 heterocycles. The largest absolute Gasteiger partial charge is 0.493 e. The first-order valence-electron chi connectivity index (χ1n) is 6.23. The van der Waals surface area contributed by atoms with Gasteiger partial charge in [-0.3, -0.25) is 0 Å². The normalized spacial score (nSPS) is 20.1. The van der Waals surface area contributed by atoms with Crippen LogP contribution in [0, 0.1) is 5.92 Å². The highest BCUT2D eigenvalue weighted by Gasteiger charge is 2.24. The average molecular weight is 254 g/mol. The van der Waals surface area contributed by atoms with Gasteiger partial charge in [0, 0.05) is 29.9 Å². The summed E-state index contributed by atoms with van der Waals surface area (Å²) in [5.74, 6) is 2.71. The van der Waals surface area contributed by atoms with Crippen molar-refractivity contribution in [1.82, 2.24) is 5.32 Å². The van der Waals surface area contributed by atoms with Crippen LogP contribution in [0.3, 0.4) is 0 Å². The van der Waals surface area contributed by atoms with Crippen LogP contribution < -0.4 is 10.1 Å². The monoisotopic (exact) mass is 253 g/mol. The van der Waals surface area contributed by atoms with Crippen LogP contribution in [-0.4, -0.2) is 25.1 Å². The summed E-state index contributed by atoms with van der Waals surface area (Å²) in [5, 5.41) is 3.54. The second kappa shape index (κ2) is 5.74. The number of halogens is 1. The minimum absolute atomic E-state index is 0.379. The summed E-state index contributed by atoms with van der Waals surface area (Å²) in [6.07, 6.45) is 0. The van der Waals surface area contributed by atoms with Gasteiger partial charge in [-0.2, -0.15) is 0 Å². The Bertz CT molecular complexity index is 367. The fourth-order valence-corrected chi connectivity index (χ4v) is 2.63. The van der Waals surface area contributed by atoms with E-state index < -0.39 is 0 Å². The number of rotatable bonds is 5. The van der Waals surface area contributed by atoms with Gasteiger partial charge in [0.1, 0.15) is 5.75 Å². The van der Waals surface area contributed by atoms with E-state index in [0.29, 0.717) is 23.8 Å². The smallest absolute Gasteiger partial charge is 0.122 e. The lowest BCUT2D eigenvalue weighted by Gasteiger charge is -2.21. The van der Waals surface area contributed by atoms with Gasteiger partial charge in [-0.25, -0.2) is 0 Å². The molecule has 0 bridgehead atoms. The fraction of sp³-hybridized carbons (Fsp3) is 0.571. The molecule has 0 aliphatic carbocycles. The Morgan fingerprint density at radius 1 is 1.41 bits per heavy atom. The summed E-state index contributed by atoms with van der Waals surface area (Å²) < 4.78 is 5.66. The van der Waals surface area contributed by atoms with E-state index >= 15 is 0 Å². The SMILES string of the molecule is CC(C)C(CCl)NCC1COc2ccccc21. The number of para-hydroxylation sites is 1. The highest BCUT2D eigenvalue weighted by molar-refractivity contribution is 6.18. The van der Waals surface area contributed by atoms with Crippen LogP contribution in [0.2, 0.25) is 0 Å². The molecular weight excluding hydrogens is 234 g/mol. The van der Waals surface area contributed by atoms with E-state index in [9.17, 15) is 0 Å². The molecule has 2 rings (SSSR count). The Morgan fingerprint density at radius 2 is 2.18 bits per heavy atom. The molecule has 0 aromatic heterocycles. The summed E-state index contributed by atoms with van der Waals surface area (Å²) in [5.41, 5.74) is 1.32. The first-order chi connectivity index (χ1) is 8.22. The lowest BCUT2D eigenvalue weighted by atomic mass is 10.00. The van der Waals surface area contributed by atoms with Gasteiger partial charge in [-0.15, -0.1) is 11.6 Å². The molecule has 3 heteroatoms. The van der Waals surface area contributed by atoms with Crippen LogP contribution in [0.5, 0.6) is 5.75 Å². The van der Waals surface area contributed by atoms with Crippen LogP contribution in [0.1, 0.15) is 25.3 Å². The maximum atomic E-state index is 5.95. The molecule has 1 aromatic rings. The molecule has 0 fully saturated rings. The van der Waals surface area contributed by atoms with Gasteiger partial charge in [0.25, 0.3) is 0 Å². The minimum Gasteiger partial charge on any atom is -0.493 e. The number of benzene rings is 1. The number of ether oxygens (including phenoxy) is 1. The van der Waals surface area contributed by atoms with Gasteiger partial charge in [-0.05, 0) is 12.0 Å². The lowest BCUT2D eigenvalue weighted by Crippen LogP contribution is -2.38. The molecule has 0 amide bonds. The third-order valence-corrected chi connectivity index (χ3v) is 3.73. The number of fused-ring (bicyclic) bond motifs is 1. The standard InChI is InChI=1S/C14H20ClNO/c1-10(2)13(7-15)16-8-11-9-17-14-6-4-3-5-12(11)14/h3-6,10-11,13,16H,7-9H2,1-2H3. The van der Waals surface area contributed by atoms with E-state index in [0.717, 1.165) is 18.9 Å². The highest BCUT2D eigenvalue weighted by Crippen LogP contribution is 2.32. The third-order valence-electron chi connectivity index (χ3n) is 3.40. The van der Waals surface area contributed by atoms with Crippen molar-refractivity contribution in [2.45, 2.75) is 25.8 Å². The minimum atomic E-state index is 0.379. The van der Waals surface area contributed by atoms with Gasteiger partial charge in [-0.1, -0.05) is 32.0 Å². The van der Waals surface area contributed by atoms with Crippen LogP contribution in [0.4, 0.5) is 0 Å². The van der Waals surface area contributed by atoms with Crippen molar-refractivity contribution in [1.29, 1.82) is 0 Å². The van der Waals surface area contributed by atoms with Gasteiger partial charge in [0.2, 0.25) is 0 Å². The number of alkyl halides is 1. The third kappa shape index (κ3) is 2.93. The van der Waals surface area contributed by atoms with Crippen molar-refractivity contribution in [2.75, 3.05) is 19.0 Å². The summed E-state index contributed by atoms with van der Waals surface area (Å²) in [7, 11) is 0. The number of hydrogen-bond donors (Lipinski definition) is 1. The molecule has 0 saturated heterocycles. The predicted molar refractivity (Wildman–Crippen MR) is 72.0 cm³/mol. The summed E-state index contributed by atoms with van der Waals surface area (Å²) >= 11 is 5.95. The first kappa shape index (κ1) is 12.7. The van der Waals surface area contributed by atoms with E-state index in [4.69, 9.17) is 16.3 Å². The Balaban J connectivity index is 1.93. The zero-order valence-corrected chi connectivity index (χ0v) is 11.2. The predicted octanol–water partition coefficient (Wildman–Crippen LogP) is 3.02. The molecule has 0 radical (unpaired) electrons. The Morgan fingerprint density at radius 3 is 2.88 bits per heavy atom. The summed E-state index contributed by atoms with van der Waals surface area (Å²) in [6, 6.07) is 8.66. The Kier molecular flexibility index (Phi) is 4.30. The summed E-state index contributed by atoms with van der Waals surface area (Å²) in [4.78, 5) is 0. The van der Waals surface area contributed by atoms with E-state index in [-0.39, 0.29) is 0 Å². The molecule has 17 heavy (non-hydrogen) atoms. The topological polar surface area (TPSA) is 21.3 Å². The molecule has 1 aliphatic rings. The maximum absolute atomic E-state index is 5.95. The molecule has 0 spiro atoms. The fourth-order valence-electron chi connectivity index (χ4n) is 2.16. The van der Waals surface area contributed by atoms with E-state index in [1.54, 1.807) is 0 Å². The van der Waals surface area contributed by atoms with Crippen molar-refractivity contribution >= 4 is 11.6 Å². The van der Waals surface area contributed by atoms with Crippen molar-refractivity contribution in [2.24, 2.45) is 5.92 Å². The molecule has 0 saturated carbocycles. The van der Waals surface area contributed by atoms with Crippen molar-refractivity contribution in [3.05, 3.63) is 29.8 Å². The van der Waals surface area contributed by atoms with Crippen LogP contribution >= 0.6 is 11.6 Å². The number of hydrogen-bond acceptors (Lipinski definition) is 2. The maximum Gasteiger partial charge on any atom is 0.122 e. The molecule has 94 valence electrons. The van der Waals surface area contributed by atoms with Gasteiger partial charge in [0.15, 0.2) is 0 Å². The van der Waals surface area contributed by atoms with E-state index in [1.165, 1.54) is 5.56 Å². The molecule has 2 nitrogen and oxygen atoms in total. The van der Waals surface area contributed by atoms with Crippen LogP contribution in [-0.2, 0) is 0 Å². The molecule has 1 N–H and O–H groups in total. The second-order valence-corrected chi connectivity index (χ2v) is 5.27. The molecule has 1 aliphatic heterocycles. The van der Waals surface area contributed by atoms with Gasteiger partial charge in [0.05, 0.1) is 6.61 Å². The molecular formula is C14H20ClNO. The van der Waals surface area contributed by atoms with Gasteiger partial charge < -0.3 is 10.1 Å².